The van der Waals surface area contributed by atoms with Crippen LogP contribution in [0.5, 0.6) is 0 Å². The standard InChI is InChI=1S/C20H26N4O3/c1-24(13-17-22-23-18(27-17)15-8-4-2-5-9-15)19(25)21-16-12-20(26-14-16)10-6-3-7-11-20/h2,4-5,8-9,16H,3,6-7,10-14H2,1H3,(H,21,25)/t16-/m1/s1. The van der Waals surface area contributed by atoms with Crippen molar-refractivity contribution < 1.29 is 13.9 Å². The Balaban J connectivity index is 1.30. The molecule has 1 N–H and O–H groups in total. The topological polar surface area (TPSA) is 80.5 Å². The third kappa shape index (κ3) is 4.13. The van der Waals surface area contributed by atoms with Crippen molar-refractivity contribution in [2.75, 3.05) is 13.7 Å². The maximum atomic E-state index is 12.5. The van der Waals surface area contributed by atoms with Crippen LogP contribution in [0, 0.1) is 0 Å². The fourth-order valence-corrected chi connectivity index (χ4v) is 4.06. The summed E-state index contributed by atoms with van der Waals surface area (Å²) >= 11 is 0. The number of amides is 2. The molecule has 0 unspecified atom stereocenters. The second-order valence-electron chi connectivity index (χ2n) is 7.63. The normalized spacial score (nSPS) is 21.3. The molecular formula is C20H26N4O3. The van der Waals surface area contributed by atoms with E-state index >= 15 is 0 Å². The van der Waals surface area contributed by atoms with Crippen LogP contribution in [0.3, 0.4) is 0 Å². The molecule has 2 heterocycles. The monoisotopic (exact) mass is 370 g/mol. The van der Waals surface area contributed by atoms with Gasteiger partial charge < -0.3 is 19.4 Å². The maximum absolute atomic E-state index is 12.5. The van der Waals surface area contributed by atoms with E-state index in [-0.39, 0.29) is 24.2 Å². The molecule has 0 radical (unpaired) electrons. The highest BCUT2D eigenvalue weighted by atomic mass is 16.5. The number of urea groups is 1. The van der Waals surface area contributed by atoms with E-state index < -0.39 is 0 Å². The van der Waals surface area contributed by atoms with E-state index in [1.165, 1.54) is 19.3 Å². The Labute approximate surface area is 159 Å². The second kappa shape index (κ2) is 7.68. The van der Waals surface area contributed by atoms with E-state index in [0.717, 1.165) is 24.8 Å². The molecule has 4 rings (SSSR count). The Morgan fingerprint density at radius 1 is 1.22 bits per heavy atom. The number of carbonyl (C=O) groups is 1. The minimum absolute atomic E-state index is 0.00810. The highest BCUT2D eigenvalue weighted by Crippen LogP contribution is 2.39. The highest BCUT2D eigenvalue weighted by Gasteiger charge is 2.41. The van der Waals surface area contributed by atoms with Crippen LogP contribution in [0.25, 0.3) is 11.5 Å². The average molecular weight is 370 g/mol. The molecule has 1 aliphatic carbocycles. The Kier molecular flexibility index (Phi) is 5.11. The number of carbonyl (C=O) groups excluding carboxylic acids is 1. The molecular weight excluding hydrogens is 344 g/mol. The predicted molar refractivity (Wildman–Crippen MR) is 99.9 cm³/mol. The Morgan fingerprint density at radius 2 is 2.00 bits per heavy atom. The van der Waals surface area contributed by atoms with Crippen molar-refractivity contribution in [2.24, 2.45) is 0 Å². The molecule has 1 aliphatic heterocycles. The van der Waals surface area contributed by atoms with E-state index in [9.17, 15) is 4.79 Å². The lowest BCUT2D eigenvalue weighted by Crippen LogP contribution is -2.43. The summed E-state index contributed by atoms with van der Waals surface area (Å²) in [5.74, 6) is 0.876. The SMILES string of the molecule is CN(Cc1nnc(-c2ccccc2)o1)C(=O)N[C@H]1COC2(CCCCC2)C1. The Hall–Kier alpha value is -2.41. The molecule has 2 fully saturated rings. The predicted octanol–water partition coefficient (Wildman–Crippen LogP) is 3.37. The van der Waals surface area contributed by atoms with Crippen LogP contribution in [-0.4, -0.2) is 46.4 Å². The molecule has 7 heteroatoms. The van der Waals surface area contributed by atoms with Crippen LogP contribution in [-0.2, 0) is 11.3 Å². The van der Waals surface area contributed by atoms with Crippen molar-refractivity contribution in [3.05, 3.63) is 36.2 Å². The Bertz CT molecular complexity index is 771. The van der Waals surface area contributed by atoms with E-state index in [1.54, 1.807) is 11.9 Å². The van der Waals surface area contributed by atoms with Gasteiger partial charge >= 0.3 is 6.03 Å². The smallest absolute Gasteiger partial charge is 0.317 e. The summed E-state index contributed by atoms with van der Waals surface area (Å²) in [6.45, 7) is 0.864. The number of nitrogens with zero attached hydrogens (tertiary/aromatic N) is 3. The summed E-state index contributed by atoms with van der Waals surface area (Å²) in [6.07, 6.45) is 6.87. The zero-order chi connectivity index (χ0) is 18.7. The van der Waals surface area contributed by atoms with Gasteiger partial charge in [0.2, 0.25) is 11.8 Å². The van der Waals surface area contributed by atoms with Gasteiger partial charge in [-0.1, -0.05) is 37.5 Å². The van der Waals surface area contributed by atoms with E-state index in [4.69, 9.17) is 9.15 Å². The second-order valence-corrected chi connectivity index (χ2v) is 7.63. The van der Waals surface area contributed by atoms with Crippen LogP contribution in [0.1, 0.15) is 44.4 Å². The van der Waals surface area contributed by atoms with Crippen molar-refractivity contribution in [3.63, 3.8) is 0 Å². The number of hydrogen-bond donors (Lipinski definition) is 1. The molecule has 1 aromatic carbocycles. The molecule has 27 heavy (non-hydrogen) atoms. The third-order valence-corrected chi connectivity index (χ3v) is 5.51. The fraction of sp³-hybridized carbons (Fsp3) is 0.550. The maximum Gasteiger partial charge on any atom is 0.317 e. The number of ether oxygens (including phenoxy) is 1. The third-order valence-electron chi connectivity index (χ3n) is 5.51. The first kappa shape index (κ1) is 18.0. The number of rotatable bonds is 4. The van der Waals surface area contributed by atoms with Gasteiger partial charge in [0.05, 0.1) is 18.2 Å². The zero-order valence-corrected chi connectivity index (χ0v) is 15.7. The van der Waals surface area contributed by atoms with Gasteiger partial charge in [-0.2, -0.15) is 0 Å². The zero-order valence-electron chi connectivity index (χ0n) is 15.7. The average Bonchev–Trinajstić information content (AvgIpc) is 3.31. The summed E-state index contributed by atoms with van der Waals surface area (Å²) < 4.78 is 11.8. The summed E-state index contributed by atoms with van der Waals surface area (Å²) in [5.41, 5.74) is 0.857. The molecule has 0 bridgehead atoms. The first-order valence-corrected chi connectivity index (χ1v) is 9.67. The highest BCUT2D eigenvalue weighted by molar-refractivity contribution is 5.74. The first-order valence-electron chi connectivity index (χ1n) is 9.67. The summed E-state index contributed by atoms with van der Waals surface area (Å²) in [4.78, 5) is 14.1. The largest absolute Gasteiger partial charge is 0.419 e. The molecule has 1 atom stereocenters. The van der Waals surface area contributed by atoms with Gasteiger partial charge in [-0.3, -0.25) is 0 Å². The van der Waals surface area contributed by atoms with Crippen LogP contribution < -0.4 is 5.32 Å². The molecule has 1 saturated carbocycles. The van der Waals surface area contributed by atoms with Gasteiger partial charge in [-0.15, -0.1) is 10.2 Å². The molecule has 2 amide bonds. The summed E-state index contributed by atoms with van der Waals surface area (Å²) in [5, 5.41) is 11.2. The number of nitrogens with one attached hydrogen (secondary N) is 1. The van der Waals surface area contributed by atoms with Gasteiger partial charge in [-0.25, -0.2) is 4.79 Å². The number of hydrogen-bond acceptors (Lipinski definition) is 5. The van der Waals surface area contributed by atoms with Gasteiger partial charge in [0, 0.05) is 12.6 Å². The lowest BCUT2D eigenvalue weighted by molar-refractivity contribution is -0.0246. The van der Waals surface area contributed by atoms with Crippen LogP contribution in [0.2, 0.25) is 0 Å². The van der Waals surface area contributed by atoms with Crippen LogP contribution >= 0.6 is 0 Å². The lowest BCUT2D eigenvalue weighted by Gasteiger charge is -2.32. The van der Waals surface area contributed by atoms with Crippen molar-refractivity contribution in [1.29, 1.82) is 0 Å². The van der Waals surface area contributed by atoms with Gasteiger partial charge in [-0.05, 0) is 31.4 Å². The van der Waals surface area contributed by atoms with Crippen molar-refractivity contribution in [1.82, 2.24) is 20.4 Å². The quantitative estimate of drug-likeness (QED) is 0.892. The molecule has 2 aliphatic rings. The van der Waals surface area contributed by atoms with E-state index in [1.807, 2.05) is 30.3 Å². The summed E-state index contributed by atoms with van der Waals surface area (Å²) in [7, 11) is 1.73. The van der Waals surface area contributed by atoms with Gasteiger partial charge in [0.25, 0.3) is 0 Å². The minimum atomic E-state index is -0.143. The first-order chi connectivity index (χ1) is 13.1. The number of aromatic nitrogens is 2. The van der Waals surface area contributed by atoms with Crippen LogP contribution in [0.4, 0.5) is 4.79 Å². The molecule has 2 aromatic rings. The van der Waals surface area contributed by atoms with Crippen molar-refractivity contribution in [3.8, 4) is 11.5 Å². The lowest BCUT2D eigenvalue weighted by atomic mass is 9.82. The van der Waals surface area contributed by atoms with Crippen molar-refractivity contribution >= 4 is 6.03 Å². The van der Waals surface area contributed by atoms with Crippen molar-refractivity contribution in [2.45, 2.75) is 56.7 Å². The number of benzene rings is 1. The molecule has 7 nitrogen and oxygen atoms in total. The van der Waals surface area contributed by atoms with E-state index in [2.05, 4.69) is 15.5 Å². The Morgan fingerprint density at radius 3 is 2.78 bits per heavy atom. The van der Waals surface area contributed by atoms with Gasteiger partial charge in [0.15, 0.2) is 0 Å². The molecule has 144 valence electrons. The fourth-order valence-electron chi connectivity index (χ4n) is 4.06. The summed E-state index contributed by atoms with van der Waals surface area (Å²) in [6, 6.07) is 9.52. The minimum Gasteiger partial charge on any atom is -0.419 e. The van der Waals surface area contributed by atoms with E-state index in [0.29, 0.717) is 18.4 Å². The molecule has 1 saturated heterocycles. The molecule has 1 aromatic heterocycles. The van der Waals surface area contributed by atoms with Crippen LogP contribution in [0.15, 0.2) is 34.7 Å². The van der Waals surface area contributed by atoms with Gasteiger partial charge in [0.1, 0.15) is 6.54 Å². The molecule has 1 spiro atoms.